The molecule has 3 heterocycles. The number of amides is 1. The summed E-state index contributed by atoms with van der Waals surface area (Å²) < 4.78 is 0. The molecule has 2 fully saturated rings. The van der Waals surface area contributed by atoms with Gasteiger partial charge in [-0.2, -0.15) is 0 Å². The summed E-state index contributed by atoms with van der Waals surface area (Å²) in [5.74, 6) is 1.51. The number of para-hydroxylation sites is 2. The second-order valence-electron chi connectivity index (χ2n) is 8.04. The van der Waals surface area contributed by atoms with Crippen LogP contribution in [0.15, 0.2) is 48.5 Å². The van der Waals surface area contributed by atoms with Gasteiger partial charge in [-0.25, -0.2) is 9.97 Å². The molecule has 0 unspecified atom stereocenters. The van der Waals surface area contributed by atoms with Crippen molar-refractivity contribution in [3.8, 4) is 17.1 Å². The minimum absolute atomic E-state index is 0.0763. The molecule has 0 radical (unpaired) electrons. The highest BCUT2D eigenvalue weighted by Crippen LogP contribution is 2.30. The Hall–Kier alpha value is -3.23. The largest absolute Gasteiger partial charge is 0.507 e. The second-order valence-corrected chi connectivity index (χ2v) is 8.04. The zero-order valence-electron chi connectivity index (χ0n) is 17.2. The molecule has 0 saturated carbocycles. The molecule has 160 valence electrons. The van der Waals surface area contributed by atoms with E-state index in [0.29, 0.717) is 30.2 Å². The average molecular weight is 419 g/mol. The van der Waals surface area contributed by atoms with Crippen molar-refractivity contribution in [2.24, 2.45) is 0 Å². The number of carbonyl (C=O) groups excluding carboxylic acids is 1. The van der Waals surface area contributed by atoms with Crippen LogP contribution in [0.1, 0.15) is 6.42 Å². The van der Waals surface area contributed by atoms with E-state index in [-0.39, 0.29) is 23.7 Å². The molecule has 2 atom stereocenters. The number of aromatic hydroxyl groups is 1. The van der Waals surface area contributed by atoms with Crippen LogP contribution < -0.4 is 16.0 Å². The summed E-state index contributed by atoms with van der Waals surface area (Å²) in [4.78, 5) is 24.2. The zero-order chi connectivity index (χ0) is 21.2. The standard InChI is InChI=1S/C23H26N6O2/c30-20-8-4-2-6-17(20)22-27-18-7-3-1-5-16(18)21(28-22)26-15-13-19(25-14-15)23(31)29-11-9-24-10-12-29/h1-8,15,19,24-25,30H,9-14H2,(H,26,27,28)/t15-,19+/m0/s1. The van der Waals surface area contributed by atoms with Gasteiger partial charge in [0, 0.05) is 44.2 Å². The molecule has 2 aliphatic rings. The first kappa shape index (κ1) is 19.7. The number of carbonyl (C=O) groups is 1. The van der Waals surface area contributed by atoms with Crippen molar-refractivity contribution in [2.45, 2.75) is 18.5 Å². The van der Waals surface area contributed by atoms with Crippen molar-refractivity contribution in [3.63, 3.8) is 0 Å². The first-order chi connectivity index (χ1) is 15.2. The molecule has 31 heavy (non-hydrogen) atoms. The lowest BCUT2D eigenvalue weighted by Crippen LogP contribution is -2.51. The molecule has 5 rings (SSSR count). The Morgan fingerprint density at radius 3 is 2.68 bits per heavy atom. The zero-order valence-corrected chi connectivity index (χ0v) is 17.2. The summed E-state index contributed by atoms with van der Waals surface area (Å²) in [6.45, 7) is 3.91. The van der Waals surface area contributed by atoms with Gasteiger partial charge in [-0.3, -0.25) is 4.79 Å². The second kappa shape index (κ2) is 8.49. The molecule has 0 aliphatic carbocycles. The van der Waals surface area contributed by atoms with Gasteiger partial charge < -0.3 is 26.0 Å². The highest BCUT2D eigenvalue weighted by Gasteiger charge is 2.33. The van der Waals surface area contributed by atoms with Gasteiger partial charge in [-0.1, -0.05) is 24.3 Å². The van der Waals surface area contributed by atoms with Gasteiger partial charge in [-0.15, -0.1) is 0 Å². The van der Waals surface area contributed by atoms with Crippen LogP contribution >= 0.6 is 0 Å². The van der Waals surface area contributed by atoms with E-state index in [2.05, 4.69) is 20.9 Å². The smallest absolute Gasteiger partial charge is 0.239 e. The van der Waals surface area contributed by atoms with Crippen molar-refractivity contribution in [3.05, 3.63) is 48.5 Å². The van der Waals surface area contributed by atoms with Crippen molar-refractivity contribution in [1.29, 1.82) is 0 Å². The topological polar surface area (TPSA) is 102 Å². The van der Waals surface area contributed by atoms with Crippen LogP contribution in [-0.2, 0) is 4.79 Å². The third kappa shape index (κ3) is 4.04. The van der Waals surface area contributed by atoms with E-state index < -0.39 is 0 Å². The van der Waals surface area contributed by atoms with Crippen LogP contribution in [0.4, 0.5) is 5.82 Å². The molecular weight excluding hydrogens is 392 g/mol. The van der Waals surface area contributed by atoms with Gasteiger partial charge in [0.25, 0.3) is 0 Å². The normalized spacial score (nSPS) is 21.4. The molecule has 1 aromatic heterocycles. The Kier molecular flexibility index (Phi) is 5.40. The van der Waals surface area contributed by atoms with E-state index >= 15 is 0 Å². The Morgan fingerprint density at radius 2 is 1.84 bits per heavy atom. The summed E-state index contributed by atoms with van der Waals surface area (Å²) >= 11 is 0. The number of hydrogen-bond acceptors (Lipinski definition) is 7. The number of hydrogen-bond donors (Lipinski definition) is 4. The van der Waals surface area contributed by atoms with E-state index in [1.54, 1.807) is 12.1 Å². The average Bonchev–Trinajstić information content (AvgIpc) is 3.28. The monoisotopic (exact) mass is 418 g/mol. The number of piperazine rings is 1. The molecule has 8 nitrogen and oxygen atoms in total. The van der Waals surface area contributed by atoms with E-state index in [0.717, 1.165) is 37.1 Å². The number of nitrogens with zero attached hydrogens (tertiary/aromatic N) is 3. The Morgan fingerprint density at radius 1 is 1.06 bits per heavy atom. The Bertz CT molecular complexity index is 1100. The molecule has 1 amide bonds. The number of phenols is 1. The molecule has 3 aromatic rings. The predicted molar refractivity (Wildman–Crippen MR) is 120 cm³/mol. The van der Waals surface area contributed by atoms with Crippen molar-refractivity contribution in [1.82, 2.24) is 25.5 Å². The number of rotatable bonds is 4. The fraction of sp³-hybridized carbons (Fsp3) is 0.348. The number of nitrogens with one attached hydrogen (secondary N) is 3. The molecule has 2 aromatic carbocycles. The third-order valence-electron chi connectivity index (χ3n) is 5.95. The van der Waals surface area contributed by atoms with Crippen molar-refractivity contribution >= 4 is 22.6 Å². The fourth-order valence-electron chi connectivity index (χ4n) is 4.30. The first-order valence-electron chi connectivity index (χ1n) is 10.7. The maximum atomic E-state index is 12.8. The highest BCUT2D eigenvalue weighted by atomic mass is 16.3. The molecule has 0 bridgehead atoms. The molecular formula is C23H26N6O2. The lowest BCUT2D eigenvalue weighted by molar-refractivity contribution is -0.133. The Balaban J connectivity index is 1.39. The van der Waals surface area contributed by atoms with E-state index in [1.165, 1.54) is 0 Å². The van der Waals surface area contributed by atoms with Crippen LogP contribution in [0, 0.1) is 0 Å². The van der Waals surface area contributed by atoms with Crippen LogP contribution in [0.3, 0.4) is 0 Å². The minimum Gasteiger partial charge on any atom is -0.507 e. The van der Waals surface area contributed by atoms with Gasteiger partial charge in [0.05, 0.1) is 17.1 Å². The number of fused-ring (bicyclic) bond motifs is 1. The van der Waals surface area contributed by atoms with Crippen molar-refractivity contribution in [2.75, 3.05) is 38.0 Å². The molecule has 4 N–H and O–H groups in total. The van der Waals surface area contributed by atoms with Gasteiger partial charge >= 0.3 is 0 Å². The van der Waals surface area contributed by atoms with E-state index in [9.17, 15) is 9.90 Å². The first-order valence-corrected chi connectivity index (χ1v) is 10.7. The van der Waals surface area contributed by atoms with E-state index in [4.69, 9.17) is 4.98 Å². The van der Waals surface area contributed by atoms with Crippen LogP contribution in [0.5, 0.6) is 5.75 Å². The number of anilines is 1. The van der Waals surface area contributed by atoms with Gasteiger partial charge in [0.2, 0.25) is 5.91 Å². The molecule has 2 aliphatic heterocycles. The summed E-state index contributed by atoms with van der Waals surface area (Å²) in [5, 5.41) is 21.4. The maximum absolute atomic E-state index is 12.8. The summed E-state index contributed by atoms with van der Waals surface area (Å²) in [6.07, 6.45) is 0.701. The lowest BCUT2D eigenvalue weighted by Gasteiger charge is -2.29. The van der Waals surface area contributed by atoms with E-state index in [1.807, 2.05) is 41.3 Å². The van der Waals surface area contributed by atoms with Crippen molar-refractivity contribution < 1.29 is 9.90 Å². The van der Waals surface area contributed by atoms with Gasteiger partial charge in [0.1, 0.15) is 11.6 Å². The number of benzene rings is 2. The Labute approximate surface area is 180 Å². The summed E-state index contributed by atoms with van der Waals surface area (Å²) in [5.41, 5.74) is 1.39. The predicted octanol–water partition coefficient (Wildman–Crippen LogP) is 1.58. The minimum atomic E-state index is -0.179. The fourth-order valence-corrected chi connectivity index (χ4v) is 4.30. The SMILES string of the molecule is O=C([C@H]1C[C@H](Nc2nc(-c3ccccc3O)nc3ccccc23)CN1)N1CCNCC1. The van der Waals surface area contributed by atoms with Gasteiger partial charge in [-0.05, 0) is 30.7 Å². The molecule has 2 saturated heterocycles. The van der Waals surface area contributed by atoms with Crippen LogP contribution in [0.2, 0.25) is 0 Å². The molecule has 8 heteroatoms. The third-order valence-corrected chi connectivity index (χ3v) is 5.95. The summed E-state index contributed by atoms with van der Waals surface area (Å²) in [6, 6.07) is 14.8. The van der Waals surface area contributed by atoms with Crippen LogP contribution in [0.25, 0.3) is 22.3 Å². The van der Waals surface area contributed by atoms with Gasteiger partial charge in [0.15, 0.2) is 5.82 Å². The lowest BCUT2D eigenvalue weighted by atomic mass is 10.1. The van der Waals surface area contributed by atoms with Crippen LogP contribution in [-0.4, -0.2) is 70.7 Å². The quantitative estimate of drug-likeness (QED) is 0.510. The highest BCUT2D eigenvalue weighted by molar-refractivity contribution is 5.91. The maximum Gasteiger partial charge on any atom is 0.239 e. The number of aromatic nitrogens is 2. The summed E-state index contributed by atoms with van der Waals surface area (Å²) in [7, 11) is 0. The number of phenolic OH excluding ortho intramolecular Hbond substituents is 1. The molecule has 0 spiro atoms.